The molecule has 0 saturated heterocycles. The van der Waals surface area contributed by atoms with Crippen LogP contribution in [0.4, 0.5) is 4.39 Å². The van der Waals surface area contributed by atoms with E-state index in [1.807, 2.05) is 6.07 Å². The number of ether oxygens (including phenoxy) is 1. The zero-order valence-electron chi connectivity index (χ0n) is 8.65. The molecule has 3 nitrogen and oxygen atoms in total. The highest BCUT2D eigenvalue weighted by molar-refractivity contribution is 7.99. The summed E-state index contributed by atoms with van der Waals surface area (Å²) in [5, 5.41) is 17.0. The second-order valence-electron chi connectivity index (χ2n) is 2.94. The van der Waals surface area contributed by atoms with Crippen LogP contribution < -0.4 is 0 Å². The summed E-state index contributed by atoms with van der Waals surface area (Å²) in [5.74, 6) is 0.231. The summed E-state index contributed by atoms with van der Waals surface area (Å²) < 4.78 is 18.4. The largest absolute Gasteiger partial charge is 0.394 e. The molecule has 0 aliphatic rings. The van der Waals surface area contributed by atoms with E-state index < -0.39 is 0 Å². The Morgan fingerprint density at radius 3 is 2.88 bits per heavy atom. The lowest BCUT2D eigenvalue weighted by molar-refractivity contribution is 0.103. The molecule has 1 aromatic carbocycles. The molecule has 0 saturated carbocycles. The lowest BCUT2D eigenvalue weighted by Crippen LogP contribution is -2.02. The van der Waals surface area contributed by atoms with Gasteiger partial charge in [0.05, 0.1) is 31.5 Å². The van der Waals surface area contributed by atoms with E-state index >= 15 is 0 Å². The smallest absolute Gasteiger partial charge is 0.138 e. The number of aliphatic hydroxyl groups is 1. The van der Waals surface area contributed by atoms with Gasteiger partial charge in [-0.25, -0.2) is 4.39 Å². The van der Waals surface area contributed by atoms with E-state index in [-0.39, 0.29) is 12.4 Å². The Labute approximate surface area is 97.8 Å². The third kappa shape index (κ3) is 4.19. The summed E-state index contributed by atoms with van der Waals surface area (Å²) >= 11 is 1.33. The standard InChI is InChI=1S/C11H12FNO2S/c12-10-7-9(8-13)1-2-11(10)16-6-5-15-4-3-14/h1-2,7,14H,3-6H2. The Bertz CT molecular complexity index is 379. The molecule has 1 aromatic rings. The number of nitrogens with zero attached hydrogens (tertiary/aromatic N) is 1. The number of nitriles is 1. The van der Waals surface area contributed by atoms with Crippen LogP contribution in [0.5, 0.6) is 0 Å². The predicted molar refractivity (Wildman–Crippen MR) is 59.7 cm³/mol. The summed E-state index contributed by atoms with van der Waals surface area (Å²) in [6.45, 7) is 0.761. The molecule has 0 bridgehead atoms. The summed E-state index contributed by atoms with van der Waals surface area (Å²) in [7, 11) is 0. The predicted octanol–water partition coefficient (Wildman–Crippen LogP) is 1.80. The van der Waals surface area contributed by atoms with Crippen LogP contribution >= 0.6 is 11.8 Å². The van der Waals surface area contributed by atoms with Gasteiger partial charge in [-0.1, -0.05) is 0 Å². The molecule has 1 N–H and O–H groups in total. The highest BCUT2D eigenvalue weighted by Crippen LogP contribution is 2.22. The highest BCUT2D eigenvalue weighted by atomic mass is 32.2. The number of hydrogen-bond donors (Lipinski definition) is 1. The number of thioether (sulfide) groups is 1. The molecule has 1 rings (SSSR count). The molecule has 0 unspecified atom stereocenters. The molecule has 0 amide bonds. The lowest BCUT2D eigenvalue weighted by atomic mass is 10.2. The van der Waals surface area contributed by atoms with Crippen molar-refractivity contribution >= 4 is 11.8 Å². The number of aliphatic hydroxyl groups excluding tert-OH is 1. The van der Waals surface area contributed by atoms with Gasteiger partial charge in [-0.15, -0.1) is 11.8 Å². The van der Waals surface area contributed by atoms with Crippen molar-refractivity contribution < 1.29 is 14.2 Å². The molecular weight excluding hydrogens is 229 g/mol. The quantitative estimate of drug-likeness (QED) is 0.609. The fourth-order valence-electron chi connectivity index (χ4n) is 1.06. The topological polar surface area (TPSA) is 53.2 Å². The molecule has 0 fully saturated rings. The highest BCUT2D eigenvalue weighted by Gasteiger charge is 2.03. The van der Waals surface area contributed by atoms with Gasteiger partial charge in [-0.3, -0.25) is 0 Å². The molecule has 86 valence electrons. The van der Waals surface area contributed by atoms with Crippen LogP contribution in [-0.2, 0) is 4.74 Å². The van der Waals surface area contributed by atoms with Crippen molar-refractivity contribution in [1.82, 2.24) is 0 Å². The maximum atomic E-state index is 13.4. The summed E-state index contributed by atoms with van der Waals surface area (Å²) in [6, 6.07) is 6.27. The van der Waals surface area contributed by atoms with Crippen LogP contribution in [0, 0.1) is 17.1 Å². The van der Waals surface area contributed by atoms with Gasteiger partial charge in [0.1, 0.15) is 5.82 Å². The normalized spacial score (nSPS) is 10.1. The van der Waals surface area contributed by atoms with Gasteiger partial charge in [0.15, 0.2) is 0 Å². The third-order valence-corrected chi connectivity index (χ3v) is 2.79. The van der Waals surface area contributed by atoms with Crippen molar-refractivity contribution in [1.29, 1.82) is 5.26 Å². The van der Waals surface area contributed by atoms with E-state index in [9.17, 15) is 4.39 Å². The summed E-state index contributed by atoms with van der Waals surface area (Å²) in [4.78, 5) is 0.506. The Hall–Kier alpha value is -1.09. The van der Waals surface area contributed by atoms with Crippen molar-refractivity contribution in [3.63, 3.8) is 0 Å². The molecule has 16 heavy (non-hydrogen) atoms. The minimum absolute atomic E-state index is 0.00407. The van der Waals surface area contributed by atoms with Crippen molar-refractivity contribution in [2.75, 3.05) is 25.6 Å². The van der Waals surface area contributed by atoms with Crippen molar-refractivity contribution in [3.8, 4) is 6.07 Å². The maximum absolute atomic E-state index is 13.4. The van der Waals surface area contributed by atoms with E-state index in [1.54, 1.807) is 12.1 Å². The minimum atomic E-state index is -0.383. The third-order valence-electron chi connectivity index (χ3n) is 1.78. The summed E-state index contributed by atoms with van der Waals surface area (Å²) in [6.07, 6.45) is 0. The molecule has 0 radical (unpaired) electrons. The number of benzene rings is 1. The molecule has 0 aliphatic heterocycles. The van der Waals surface area contributed by atoms with E-state index in [2.05, 4.69) is 0 Å². The lowest BCUT2D eigenvalue weighted by Gasteiger charge is -2.04. The van der Waals surface area contributed by atoms with Crippen molar-refractivity contribution in [2.24, 2.45) is 0 Å². The van der Waals surface area contributed by atoms with E-state index in [1.165, 1.54) is 17.8 Å². The van der Waals surface area contributed by atoms with Gasteiger partial charge in [-0.2, -0.15) is 5.26 Å². The van der Waals surface area contributed by atoms with Crippen molar-refractivity contribution in [2.45, 2.75) is 4.90 Å². The molecule has 0 atom stereocenters. The Kier molecular flexibility index (Phi) is 5.86. The Morgan fingerprint density at radius 2 is 2.25 bits per heavy atom. The average Bonchev–Trinajstić information content (AvgIpc) is 2.30. The molecule has 0 spiro atoms. The molecule has 0 heterocycles. The second kappa shape index (κ2) is 7.23. The maximum Gasteiger partial charge on any atom is 0.138 e. The van der Waals surface area contributed by atoms with Crippen LogP contribution in [-0.4, -0.2) is 30.7 Å². The first-order valence-electron chi connectivity index (χ1n) is 4.79. The summed E-state index contributed by atoms with van der Waals surface area (Å²) in [5.41, 5.74) is 0.318. The number of halogens is 1. The van der Waals surface area contributed by atoms with Gasteiger partial charge >= 0.3 is 0 Å². The van der Waals surface area contributed by atoms with E-state index in [0.717, 1.165) is 0 Å². The molecule has 0 aliphatic carbocycles. The van der Waals surface area contributed by atoms with Crippen LogP contribution in [0.1, 0.15) is 5.56 Å². The van der Waals surface area contributed by atoms with Gasteiger partial charge < -0.3 is 9.84 Å². The average molecular weight is 241 g/mol. The number of rotatable bonds is 6. The van der Waals surface area contributed by atoms with Gasteiger partial charge in [0, 0.05) is 10.6 Å². The second-order valence-corrected chi connectivity index (χ2v) is 4.08. The number of hydrogen-bond acceptors (Lipinski definition) is 4. The first-order valence-corrected chi connectivity index (χ1v) is 5.77. The van der Waals surface area contributed by atoms with Crippen molar-refractivity contribution in [3.05, 3.63) is 29.6 Å². The fourth-order valence-corrected chi connectivity index (χ4v) is 1.85. The van der Waals surface area contributed by atoms with Crippen LogP contribution in [0.25, 0.3) is 0 Å². The van der Waals surface area contributed by atoms with E-state index in [4.69, 9.17) is 15.1 Å². The minimum Gasteiger partial charge on any atom is -0.394 e. The fraction of sp³-hybridized carbons (Fsp3) is 0.364. The monoisotopic (exact) mass is 241 g/mol. The first kappa shape index (κ1) is 13.0. The zero-order chi connectivity index (χ0) is 11.8. The van der Waals surface area contributed by atoms with Crippen LogP contribution in [0.2, 0.25) is 0 Å². The van der Waals surface area contributed by atoms with Gasteiger partial charge in [0.2, 0.25) is 0 Å². The van der Waals surface area contributed by atoms with Gasteiger partial charge in [-0.05, 0) is 18.2 Å². The van der Waals surface area contributed by atoms with Gasteiger partial charge in [0.25, 0.3) is 0 Å². The Balaban J connectivity index is 2.40. The van der Waals surface area contributed by atoms with Crippen LogP contribution in [0.15, 0.2) is 23.1 Å². The first-order chi connectivity index (χ1) is 7.77. The molecular formula is C11H12FNO2S. The zero-order valence-corrected chi connectivity index (χ0v) is 9.47. The molecule has 0 aromatic heterocycles. The SMILES string of the molecule is N#Cc1ccc(SCCOCCO)c(F)c1. The molecule has 5 heteroatoms. The Morgan fingerprint density at radius 1 is 1.44 bits per heavy atom. The van der Waals surface area contributed by atoms with E-state index in [0.29, 0.717) is 29.4 Å². The van der Waals surface area contributed by atoms with Crippen LogP contribution in [0.3, 0.4) is 0 Å².